The van der Waals surface area contributed by atoms with Gasteiger partial charge in [0.2, 0.25) is 0 Å². The molecule has 2 N–H and O–H groups in total. The van der Waals surface area contributed by atoms with Crippen LogP contribution in [0.5, 0.6) is 5.75 Å². The monoisotopic (exact) mass is 220 g/mol. The smallest absolute Gasteiger partial charge is 0.115 e. The van der Waals surface area contributed by atoms with Crippen molar-refractivity contribution >= 4 is 0 Å². The number of hydrogen-bond acceptors (Lipinski definition) is 2. The van der Waals surface area contributed by atoms with Gasteiger partial charge in [0, 0.05) is 6.61 Å². The predicted molar refractivity (Wildman–Crippen MR) is 64.5 cm³/mol. The lowest BCUT2D eigenvalue weighted by Gasteiger charge is -2.14. The number of phenols is 1. The van der Waals surface area contributed by atoms with E-state index in [1.807, 2.05) is 12.1 Å². The van der Waals surface area contributed by atoms with Crippen LogP contribution in [-0.4, -0.2) is 16.8 Å². The molecule has 16 heavy (non-hydrogen) atoms. The summed E-state index contributed by atoms with van der Waals surface area (Å²) in [5.41, 5.74) is 1.33. The Morgan fingerprint density at radius 2 is 1.75 bits per heavy atom. The largest absolute Gasteiger partial charge is 0.508 e. The second kappa shape index (κ2) is 5.35. The highest BCUT2D eigenvalue weighted by Crippen LogP contribution is 2.34. The minimum absolute atomic E-state index is 0.336. The van der Waals surface area contributed by atoms with Gasteiger partial charge in [-0.05, 0) is 55.2 Å². The molecule has 0 saturated heterocycles. The molecule has 0 aliphatic heterocycles. The zero-order valence-corrected chi connectivity index (χ0v) is 9.60. The van der Waals surface area contributed by atoms with E-state index in [-0.39, 0.29) is 0 Å². The Morgan fingerprint density at radius 3 is 2.44 bits per heavy atom. The van der Waals surface area contributed by atoms with Gasteiger partial charge in [-0.25, -0.2) is 0 Å². The fourth-order valence-electron chi connectivity index (χ4n) is 2.64. The van der Waals surface area contributed by atoms with Gasteiger partial charge in [0.25, 0.3) is 0 Å². The molecule has 1 aliphatic carbocycles. The van der Waals surface area contributed by atoms with E-state index in [9.17, 15) is 10.2 Å². The van der Waals surface area contributed by atoms with Crippen molar-refractivity contribution in [2.45, 2.75) is 38.0 Å². The normalized spacial score (nSPS) is 26.3. The molecule has 0 heterocycles. The number of rotatable bonds is 2. The summed E-state index contributed by atoms with van der Waals surface area (Å²) >= 11 is 0. The van der Waals surface area contributed by atoms with Gasteiger partial charge in [0.15, 0.2) is 0 Å². The molecule has 0 unspecified atom stereocenters. The molecule has 0 spiro atoms. The minimum atomic E-state index is 0.336. The molecule has 2 atom stereocenters. The Balaban J connectivity index is 2.02. The van der Waals surface area contributed by atoms with Crippen LogP contribution >= 0.6 is 0 Å². The maximum absolute atomic E-state index is 9.26. The summed E-state index contributed by atoms with van der Waals surface area (Å²) in [6, 6.07) is 7.59. The van der Waals surface area contributed by atoms with Gasteiger partial charge in [-0.15, -0.1) is 0 Å². The standard InChI is InChI=1S/C14H20O2/c15-10-11-2-1-3-12(5-4-11)13-6-8-14(16)9-7-13/h6-9,11-12,15-16H,1-5,10H2/t11-,12+/m0/s1. The number of phenolic OH excluding ortho intramolecular Hbond substituents is 1. The molecule has 0 bridgehead atoms. The van der Waals surface area contributed by atoms with Crippen LogP contribution in [0, 0.1) is 5.92 Å². The van der Waals surface area contributed by atoms with Crippen molar-refractivity contribution in [2.75, 3.05) is 6.61 Å². The first-order chi connectivity index (χ1) is 7.79. The van der Waals surface area contributed by atoms with E-state index in [4.69, 9.17) is 0 Å². The van der Waals surface area contributed by atoms with Crippen LogP contribution in [-0.2, 0) is 0 Å². The average molecular weight is 220 g/mol. The second-order valence-electron chi connectivity index (χ2n) is 4.85. The van der Waals surface area contributed by atoms with E-state index in [1.165, 1.54) is 18.4 Å². The Morgan fingerprint density at radius 1 is 1.00 bits per heavy atom. The summed E-state index contributed by atoms with van der Waals surface area (Å²) < 4.78 is 0. The predicted octanol–water partition coefficient (Wildman–Crippen LogP) is 3.05. The lowest BCUT2D eigenvalue weighted by Crippen LogP contribution is -2.04. The van der Waals surface area contributed by atoms with Crippen LogP contribution in [0.2, 0.25) is 0 Å². The summed E-state index contributed by atoms with van der Waals surface area (Å²) in [7, 11) is 0. The first-order valence-electron chi connectivity index (χ1n) is 6.19. The molecule has 0 aromatic heterocycles. The number of aliphatic hydroxyl groups is 1. The average Bonchev–Trinajstić information content (AvgIpc) is 2.55. The number of benzene rings is 1. The van der Waals surface area contributed by atoms with E-state index in [0.29, 0.717) is 24.2 Å². The van der Waals surface area contributed by atoms with Crippen LogP contribution in [0.1, 0.15) is 43.6 Å². The highest BCUT2D eigenvalue weighted by molar-refractivity contribution is 5.28. The molecule has 0 radical (unpaired) electrons. The molecular weight excluding hydrogens is 200 g/mol. The van der Waals surface area contributed by atoms with Crippen LogP contribution < -0.4 is 0 Å². The highest BCUT2D eigenvalue weighted by atomic mass is 16.3. The first kappa shape index (κ1) is 11.5. The van der Waals surface area contributed by atoms with Crippen LogP contribution in [0.3, 0.4) is 0 Å². The number of hydrogen-bond donors (Lipinski definition) is 2. The SMILES string of the molecule is OC[C@H]1CCC[C@@H](c2ccc(O)cc2)CC1. The third-order valence-electron chi connectivity index (χ3n) is 3.71. The molecule has 2 heteroatoms. The molecule has 1 aromatic carbocycles. The molecule has 1 fully saturated rings. The lowest BCUT2D eigenvalue weighted by molar-refractivity contribution is 0.212. The van der Waals surface area contributed by atoms with Crippen LogP contribution in [0.25, 0.3) is 0 Å². The summed E-state index contributed by atoms with van der Waals surface area (Å²) in [5, 5.41) is 18.4. The Hall–Kier alpha value is -1.02. The van der Waals surface area contributed by atoms with E-state index < -0.39 is 0 Å². The van der Waals surface area contributed by atoms with Gasteiger partial charge >= 0.3 is 0 Å². The third-order valence-corrected chi connectivity index (χ3v) is 3.71. The zero-order valence-electron chi connectivity index (χ0n) is 9.60. The summed E-state index contributed by atoms with van der Waals surface area (Å²) in [6.07, 6.45) is 5.86. The van der Waals surface area contributed by atoms with Crippen LogP contribution in [0.15, 0.2) is 24.3 Å². The van der Waals surface area contributed by atoms with Gasteiger partial charge in [-0.2, -0.15) is 0 Å². The quantitative estimate of drug-likeness (QED) is 0.752. The van der Waals surface area contributed by atoms with Gasteiger partial charge < -0.3 is 10.2 Å². The van der Waals surface area contributed by atoms with Crippen molar-refractivity contribution < 1.29 is 10.2 Å². The van der Waals surface area contributed by atoms with Crippen molar-refractivity contribution in [3.63, 3.8) is 0 Å². The van der Waals surface area contributed by atoms with Crippen molar-refractivity contribution in [3.05, 3.63) is 29.8 Å². The zero-order chi connectivity index (χ0) is 11.4. The van der Waals surface area contributed by atoms with Gasteiger partial charge in [-0.1, -0.05) is 18.6 Å². The van der Waals surface area contributed by atoms with Crippen molar-refractivity contribution in [1.82, 2.24) is 0 Å². The third kappa shape index (κ3) is 2.76. The molecule has 2 nitrogen and oxygen atoms in total. The first-order valence-corrected chi connectivity index (χ1v) is 6.19. The Bertz CT molecular complexity index is 318. The molecular formula is C14H20O2. The Labute approximate surface area is 96.9 Å². The molecule has 88 valence electrons. The minimum Gasteiger partial charge on any atom is -0.508 e. The van der Waals surface area contributed by atoms with E-state index in [1.54, 1.807) is 12.1 Å². The summed E-state index contributed by atoms with van der Waals surface area (Å²) in [5.74, 6) is 1.45. The second-order valence-corrected chi connectivity index (χ2v) is 4.85. The van der Waals surface area contributed by atoms with E-state index in [2.05, 4.69) is 0 Å². The maximum atomic E-state index is 9.26. The van der Waals surface area contributed by atoms with Gasteiger partial charge in [0.1, 0.15) is 5.75 Å². The van der Waals surface area contributed by atoms with Crippen LogP contribution in [0.4, 0.5) is 0 Å². The Kier molecular flexibility index (Phi) is 3.83. The molecule has 1 aromatic rings. The molecule has 0 amide bonds. The maximum Gasteiger partial charge on any atom is 0.115 e. The summed E-state index contributed by atoms with van der Waals surface area (Å²) in [4.78, 5) is 0. The lowest BCUT2D eigenvalue weighted by atomic mass is 9.91. The number of aromatic hydroxyl groups is 1. The van der Waals surface area contributed by atoms with Crippen molar-refractivity contribution in [2.24, 2.45) is 5.92 Å². The highest BCUT2D eigenvalue weighted by Gasteiger charge is 2.19. The van der Waals surface area contributed by atoms with Gasteiger partial charge in [0.05, 0.1) is 0 Å². The van der Waals surface area contributed by atoms with Crippen molar-refractivity contribution in [1.29, 1.82) is 0 Å². The van der Waals surface area contributed by atoms with Gasteiger partial charge in [-0.3, -0.25) is 0 Å². The molecule has 2 rings (SSSR count). The van der Waals surface area contributed by atoms with Crippen molar-refractivity contribution in [3.8, 4) is 5.75 Å². The molecule has 1 aliphatic rings. The van der Waals surface area contributed by atoms with E-state index in [0.717, 1.165) is 19.3 Å². The molecule has 1 saturated carbocycles. The fourth-order valence-corrected chi connectivity index (χ4v) is 2.64. The number of aliphatic hydroxyl groups excluding tert-OH is 1. The van der Waals surface area contributed by atoms with E-state index >= 15 is 0 Å². The summed E-state index contributed by atoms with van der Waals surface area (Å²) in [6.45, 7) is 0.336. The topological polar surface area (TPSA) is 40.5 Å². The fraction of sp³-hybridized carbons (Fsp3) is 0.571.